The number of amides is 1. The first-order chi connectivity index (χ1) is 14.0. The van der Waals surface area contributed by atoms with E-state index in [9.17, 15) is 4.79 Å². The van der Waals surface area contributed by atoms with Crippen LogP contribution in [-0.4, -0.2) is 23.4 Å². The summed E-state index contributed by atoms with van der Waals surface area (Å²) in [5, 5.41) is 10.5. The van der Waals surface area contributed by atoms with Crippen LogP contribution < -0.4 is 16.0 Å². The van der Waals surface area contributed by atoms with Gasteiger partial charge >= 0.3 is 0 Å². The fraction of sp³-hybridized carbons (Fsp3) is 0.286. The molecule has 0 spiro atoms. The number of nitrogens with zero attached hydrogens (tertiary/aromatic N) is 2. The van der Waals surface area contributed by atoms with E-state index in [2.05, 4.69) is 25.9 Å². The molecular formula is C21H26IN5O2S. The number of halogens is 1. The zero-order valence-corrected chi connectivity index (χ0v) is 20.3. The Morgan fingerprint density at radius 2 is 1.93 bits per heavy atom. The van der Waals surface area contributed by atoms with E-state index >= 15 is 0 Å². The molecule has 0 fully saturated rings. The first kappa shape index (κ1) is 23.9. The molecular weight excluding hydrogens is 513 g/mol. The molecule has 7 nitrogen and oxygen atoms in total. The molecule has 2 heterocycles. The van der Waals surface area contributed by atoms with Crippen LogP contribution >= 0.6 is 35.3 Å². The van der Waals surface area contributed by atoms with Crippen LogP contribution in [0, 0.1) is 13.8 Å². The van der Waals surface area contributed by atoms with Gasteiger partial charge in [-0.1, -0.05) is 12.1 Å². The Morgan fingerprint density at radius 3 is 2.53 bits per heavy atom. The van der Waals surface area contributed by atoms with Crippen molar-refractivity contribution in [1.82, 2.24) is 15.6 Å². The summed E-state index contributed by atoms with van der Waals surface area (Å²) >= 11 is 1.70. The molecule has 2 aromatic heterocycles. The number of anilines is 1. The average molecular weight is 539 g/mol. The molecule has 0 aliphatic carbocycles. The number of guanidine groups is 1. The lowest BCUT2D eigenvalue weighted by Crippen LogP contribution is -2.36. The molecule has 1 amide bonds. The van der Waals surface area contributed by atoms with Gasteiger partial charge in [0, 0.05) is 17.1 Å². The van der Waals surface area contributed by atoms with Gasteiger partial charge in [-0.15, -0.1) is 35.3 Å². The molecule has 9 heteroatoms. The largest absolute Gasteiger partial charge is 0.459 e. The number of thiazole rings is 1. The fourth-order valence-electron chi connectivity index (χ4n) is 2.71. The van der Waals surface area contributed by atoms with Crippen molar-refractivity contribution in [3.8, 4) is 0 Å². The Hall–Kier alpha value is -2.40. The van der Waals surface area contributed by atoms with Crippen LogP contribution in [0.3, 0.4) is 0 Å². The predicted molar refractivity (Wildman–Crippen MR) is 132 cm³/mol. The van der Waals surface area contributed by atoms with Gasteiger partial charge in [-0.05, 0) is 50.6 Å². The zero-order chi connectivity index (χ0) is 20.6. The minimum Gasteiger partial charge on any atom is -0.459 e. The Kier molecular flexibility index (Phi) is 9.31. The van der Waals surface area contributed by atoms with Crippen LogP contribution in [-0.2, 0) is 13.1 Å². The van der Waals surface area contributed by atoms with E-state index in [1.807, 2.05) is 45.0 Å². The molecule has 0 bridgehead atoms. The third kappa shape index (κ3) is 6.84. The maximum absolute atomic E-state index is 12.0. The van der Waals surface area contributed by atoms with Gasteiger partial charge in [-0.25, -0.2) is 9.98 Å². The smallest absolute Gasteiger partial charge is 0.291 e. The molecule has 0 radical (unpaired) electrons. The van der Waals surface area contributed by atoms with Gasteiger partial charge < -0.3 is 20.4 Å². The average Bonchev–Trinajstić information content (AvgIpc) is 3.35. The highest BCUT2D eigenvalue weighted by Crippen LogP contribution is 2.16. The van der Waals surface area contributed by atoms with Gasteiger partial charge in [0.2, 0.25) is 0 Å². The lowest BCUT2D eigenvalue weighted by molar-refractivity contribution is 0.0996. The molecule has 3 N–H and O–H groups in total. The predicted octanol–water partition coefficient (Wildman–Crippen LogP) is 4.48. The summed E-state index contributed by atoms with van der Waals surface area (Å²) in [6.07, 6.45) is 1.48. The van der Waals surface area contributed by atoms with Crippen molar-refractivity contribution in [2.75, 3.05) is 11.9 Å². The molecule has 3 rings (SSSR count). The van der Waals surface area contributed by atoms with Gasteiger partial charge in [0.15, 0.2) is 11.7 Å². The second-order valence-electron chi connectivity index (χ2n) is 6.42. The number of rotatable bonds is 7. The highest BCUT2D eigenvalue weighted by Gasteiger charge is 2.09. The molecule has 0 saturated carbocycles. The number of nitrogens with one attached hydrogen (secondary N) is 3. The lowest BCUT2D eigenvalue weighted by Gasteiger charge is -2.11. The second kappa shape index (κ2) is 11.7. The monoisotopic (exact) mass is 539 g/mol. The summed E-state index contributed by atoms with van der Waals surface area (Å²) in [6.45, 7) is 8.08. The Labute approximate surface area is 197 Å². The number of carbonyl (C=O) groups is 1. The van der Waals surface area contributed by atoms with Crippen molar-refractivity contribution >= 4 is 52.9 Å². The van der Waals surface area contributed by atoms with Crippen molar-refractivity contribution in [3.05, 3.63) is 69.6 Å². The summed E-state index contributed by atoms with van der Waals surface area (Å²) in [6, 6.07) is 10.9. The summed E-state index contributed by atoms with van der Waals surface area (Å²) in [7, 11) is 0. The standard InChI is InChI=1S/C21H25N5O2S.HI/c1-4-22-21(24-13-19-14(2)25-15(3)29-19)23-12-16-7-9-17(10-8-16)26-20(27)18-6-5-11-28-18;/h5-11H,4,12-13H2,1-3H3,(H,26,27)(H2,22,23,24);1H. The third-order valence-corrected chi connectivity index (χ3v) is 5.21. The molecule has 3 aromatic rings. The van der Waals surface area contributed by atoms with E-state index in [0.29, 0.717) is 18.8 Å². The fourth-order valence-corrected chi connectivity index (χ4v) is 3.58. The second-order valence-corrected chi connectivity index (χ2v) is 7.71. The molecule has 30 heavy (non-hydrogen) atoms. The van der Waals surface area contributed by atoms with Gasteiger partial charge in [0.05, 0.1) is 30.1 Å². The lowest BCUT2D eigenvalue weighted by atomic mass is 10.2. The first-order valence-corrected chi connectivity index (χ1v) is 10.3. The number of aliphatic imine (C=N–C) groups is 1. The van der Waals surface area contributed by atoms with Crippen molar-refractivity contribution in [2.24, 2.45) is 4.99 Å². The molecule has 0 atom stereocenters. The number of furan rings is 1. The van der Waals surface area contributed by atoms with Gasteiger partial charge in [-0.2, -0.15) is 0 Å². The first-order valence-electron chi connectivity index (χ1n) is 9.44. The van der Waals surface area contributed by atoms with Crippen LogP contribution in [0.25, 0.3) is 0 Å². The Balaban J connectivity index is 0.00000320. The third-order valence-electron chi connectivity index (χ3n) is 4.14. The minimum atomic E-state index is -0.270. The number of aromatic nitrogens is 1. The topological polar surface area (TPSA) is 91.5 Å². The van der Waals surface area contributed by atoms with Crippen LogP contribution in [0.15, 0.2) is 52.1 Å². The van der Waals surface area contributed by atoms with Gasteiger partial charge in [0.1, 0.15) is 0 Å². The Bertz CT molecular complexity index is 968. The van der Waals surface area contributed by atoms with Crippen LogP contribution in [0.4, 0.5) is 5.69 Å². The summed E-state index contributed by atoms with van der Waals surface area (Å²) in [5.74, 6) is 0.771. The number of carbonyl (C=O) groups excluding carboxylic acids is 1. The van der Waals surface area contributed by atoms with Crippen molar-refractivity contribution in [2.45, 2.75) is 33.9 Å². The number of aryl methyl sites for hydroxylation is 2. The molecule has 1 aromatic carbocycles. The normalized spacial score (nSPS) is 11.0. The number of benzene rings is 1. The minimum absolute atomic E-state index is 0. The zero-order valence-electron chi connectivity index (χ0n) is 17.2. The quantitative estimate of drug-likeness (QED) is 0.234. The van der Waals surface area contributed by atoms with Crippen molar-refractivity contribution in [1.29, 1.82) is 0 Å². The molecule has 0 aliphatic rings. The van der Waals surface area contributed by atoms with Crippen LogP contribution in [0.2, 0.25) is 0 Å². The van der Waals surface area contributed by atoms with Crippen molar-refractivity contribution in [3.63, 3.8) is 0 Å². The van der Waals surface area contributed by atoms with Crippen LogP contribution in [0.5, 0.6) is 0 Å². The maximum atomic E-state index is 12.0. The maximum Gasteiger partial charge on any atom is 0.291 e. The van der Waals surface area contributed by atoms with E-state index in [1.165, 1.54) is 11.1 Å². The van der Waals surface area contributed by atoms with Crippen LogP contribution in [0.1, 0.15) is 38.6 Å². The molecule has 0 aliphatic heterocycles. The SMILES string of the molecule is CCNC(=NCc1ccc(NC(=O)c2ccco2)cc1)NCc1sc(C)nc1C.I. The Morgan fingerprint density at radius 1 is 1.17 bits per heavy atom. The van der Waals surface area contributed by atoms with E-state index < -0.39 is 0 Å². The van der Waals surface area contributed by atoms with Gasteiger partial charge in [-0.3, -0.25) is 4.79 Å². The number of hydrogen-bond donors (Lipinski definition) is 3. The van der Waals surface area contributed by atoms with Crippen molar-refractivity contribution < 1.29 is 9.21 Å². The molecule has 0 unspecified atom stereocenters. The van der Waals surface area contributed by atoms with E-state index in [-0.39, 0.29) is 35.6 Å². The van der Waals surface area contributed by atoms with E-state index in [4.69, 9.17) is 4.42 Å². The molecule has 160 valence electrons. The highest BCUT2D eigenvalue weighted by atomic mass is 127. The summed E-state index contributed by atoms with van der Waals surface area (Å²) in [5.41, 5.74) is 2.81. The summed E-state index contributed by atoms with van der Waals surface area (Å²) in [4.78, 5) is 22.3. The van der Waals surface area contributed by atoms with E-state index in [0.717, 1.165) is 28.8 Å². The van der Waals surface area contributed by atoms with E-state index in [1.54, 1.807) is 23.5 Å². The summed E-state index contributed by atoms with van der Waals surface area (Å²) < 4.78 is 5.10. The number of hydrogen-bond acceptors (Lipinski definition) is 5. The highest BCUT2D eigenvalue weighted by molar-refractivity contribution is 14.0. The van der Waals surface area contributed by atoms with Gasteiger partial charge in [0.25, 0.3) is 5.91 Å². The molecule has 0 saturated heterocycles.